The minimum absolute atomic E-state index is 0.424. The highest BCUT2D eigenvalue weighted by Crippen LogP contribution is 2.29. The number of thiocarbonyl (C=S) groups is 1. The van der Waals surface area contributed by atoms with Gasteiger partial charge < -0.3 is 15.8 Å². The van der Waals surface area contributed by atoms with Crippen molar-refractivity contribution in [2.24, 2.45) is 17.6 Å². The van der Waals surface area contributed by atoms with Gasteiger partial charge in [0.25, 0.3) is 0 Å². The highest BCUT2D eigenvalue weighted by molar-refractivity contribution is 7.80. The Labute approximate surface area is 126 Å². The normalized spacial score (nSPS) is 22.3. The molecule has 0 atom stereocenters. The van der Waals surface area contributed by atoms with E-state index in [2.05, 4.69) is 12.2 Å². The van der Waals surface area contributed by atoms with Crippen LogP contribution in [0.25, 0.3) is 0 Å². The molecule has 0 radical (unpaired) electrons. The molecule has 1 fully saturated rings. The lowest BCUT2D eigenvalue weighted by Crippen LogP contribution is -2.21. The summed E-state index contributed by atoms with van der Waals surface area (Å²) < 4.78 is 5.27. The van der Waals surface area contributed by atoms with Crippen molar-refractivity contribution >= 4 is 22.9 Å². The SMILES string of the molecule is COc1ccc(C(N)=S)c(NCC2CCC(C)CC2)c1. The van der Waals surface area contributed by atoms with E-state index in [1.54, 1.807) is 7.11 Å². The molecule has 1 saturated carbocycles. The van der Waals surface area contributed by atoms with E-state index in [0.717, 1.165) is 35.4 Å². The summed E-state index contributed by atoms with van der Waals surface area (Å²) in [5.41, 5.74) is 7.66. The van der Waals surface area contributed by atoms with Crippen LogP contribution in [-0.2, 0) is 0 Å². The van der Waals surface area contributed by atoms with Crippen LogP contribution >= 0.6 is 12.2 Å². The van der Waals surface area contributed by atoms with Gasteiger partial charge in [-0.2, -0.15) is 0 Å². The van der Waals surface area contributed by atoms with Crippen LogP contribution in [0, 0.1) is 11.8 Å². The van der Waals surface area contributed by atoms with Gasteiger partial charge in [-0.3, -0.25) is 0 Å². The van der Waals surface area contributed by atoms with E-state index in [0.29, 0.717) is 4.99 Å². The number of anilines is 1. The number of rotatable bonds is 5. The first-order chi connectivity index (χ1) is 9.60. The maximum absolute atomic E-state index is 5.78. The zero-order valence-electron chi connectivity index (χ0n) is 12.3. The molecule has 0 aromatic heterocycles. The molecule has 0 heterocycles. The third kappa shape index (κ3) is 3.85. The lowest BCUT2D eigenvalue weighted by atomic mass is 9.83. The molecule has 0 spiro atoms. The lowest BCUT2D eigenvalue weighted by Gasteiger charge is -2.27. The van der Waals surface area contributed by atoms with Crippen LogP contribution in [0.4, 0.5) is 5.69 Å². The summed E-state index contributed by atoms with van der Waals surface area (Å²) in [4.78, 5) is 0.424. The Morgan fingerprint density at radius 1 is 1.35 bits per heavy atom. The highest BCUT2D eigenvalue weighted by atomic mass is 32.1. The molecule has 1 aliphatic carbocycles. The molecular formula is C16H24N2OS. The van der Waals surface area contributed by atoms with E-state index in [1.165, 1.54) is 25.7 Å². The number of ether oxygens (including phenoxy) is 1. The Morgan fingerprint density at radius 3 is 2.65 bits per heavy atom. The quantitative estimate of drug-likeness (QED) is 0.815. The minimum Gasteiger partial charge on any atom is -0.497 e. The summed E-state index contributed by atoms with van der Waals surface area (Å²) in [5, 5.41) is 3.51. The van der Waals surface area contributed by atoms with Crippen LogP contribution in [0.2, 0.25) is 0 Å². The molecule has 1 aliphatic rings. The number of benzene rings is 1. The van der Waals surface area contributed by atoms with Crippen molar-refractivity contribution in [3.63, 3.8) is 0 Å². The fourth-order valence-electron chi connectivity index (χ4n) is 2.80. The van der Waals surface area contributed by atoms with Crippen LogP contribution in [-0.4, -0.2) is 18.6 Å². The fraction of sp³-hybridized carbons (Fsp3) is 0.562. The van der Waals surface area contributed by atoms with Crippen LogP contribution < -0.4 is 15.8 Å². The molecule has 1 aromatic rings. The summed E-state index contributed by atoms with van der Waals surface area (Å²) in [6.45, 7) is 3.33. The molecule has 0 amide bonds. The predicted octanol–water partition coefficient (Wildman–Crippen LogP) is 3.57. The smallest absolute Gasteiger partial charge is 0.120 e. The highest BCUT2D eigenvalue weighted by Gasteiger charge is 2.18. The summed E-state index contributed by atoms with van der Waals surface area (Å²) in [7, 11) is 1.67. The lowest BCUT2D eigenvalue weighted by molar-refractivity contribution is 0.300. The van der Waals surface area contributed by atoms with E-state index >= 15 is 0 Å². The van der Waals surface area contributed by atoms with Crippen molar-refractivity contribution < 1.29 is 4.74 Å². The topological polar surface area (TPSA) is 47.3 Å². The molecule has 0 saturated heterocycles. The zero-order valence-corrected chi connectivity index (χ0v) is 13.1. The van der Waals surface area contributed by atoms with Crippen molar-refractivity contribution in [3.8, 4) is 5.75 Å². The maximum Gasteiger partial charge on any atom is 0.120 e. The zero-order chi connectivity index (χ0) is 14.5. The molecular weight excluding hydrogens is 268 g/mol. The molecule has 0 unspecified atom stereocenters. The monoisotopic (exact) mass is 292 g/mol. The second-order valence-corrected chi connectivity index (χ2v) is 6.22. The van der Waals surface area contributed by atoms with Gasteiger partial charge in [-0.05, 0) is 36.8 Å². The van der Waals surface area contributed by atoms with Crippen molar-refractivity contribution in [2.45, 2.75) is 32.6 Å². The number of nitrogens with one attached hydrogen (secondary N) is 1. The molecule has 0 bridgehead atoms. The second-order valence-electron chi connectivity index (χ2n) is 5.78. The fourth-order valence-corrected chi connectivity index (χ4v) is 2.98. The molecule has 2 rings (SSSR count). The first-order valence-electron chi connectivity index (χ1n) is 7.32. The third-order valence-corrected chi connectivity index (χ3v) is 4.43. The first kappa shape index (κ1) is 15.1. The van der Waals surface area contributed by atoms with E-state index in [1.807, 2.05) is 18.2 Å². The van der Waals surface area contributed by atoms with E-state index in [-0.39, 0.29) is 0 Å². The molecule has 110 valence electrons. The number of methoxy groups -OCH3 is 1. The molecule has 4 heteroatoms. The average molecular weight is 292 g/mol. The number of hydrogen-bond acceptors (Lipinski definition) is 3. The van der Waals surface area contributed by atoms with Crippen molar-refractivity contribution in [2.75, 3.05) is 19.0 Å². The third-order valence-electron chi connectivity index (χ3n) is 4.21. The van der Waals surface area contributed by atoms with Gasteiger partial charge in [0.1, 0.15) is 10.7 Å². The Bertz CT molecular complexity index is 468. The van der Waals surface area contributed by atoms with Crippen molar-refractivity contribution in [1.82, 2.24) is 0 Å². The second kappa shape index (κ2) is 6.93. The van der Waals surface area contributed by atoms with E-state index in [4.69, 9.17) is 22.7 Å². The Hall–Kier alpha value is -1.29. The molecule has 3 N–H and O–H groups in total. The summed E-state index contributed by atoms with van der Waals surface area (Å²) in [6.07, 6.45) is 5.29. The van der Waals surface area contributed by atoms with Gasteiger partial charge in [0.2, 0.25) is 0 Å². The van der Waals surface area contributed by atoms with Gasteiger partial charge in [-0.15, -0.1) is 0 Å². The largest absolute Gasteiger partial charge is 0.497 e. The van der Waals surface area contributed by atoms with Crippen molar-refractivity contribution in [3.05, 3.63) is 23.8 Å². The van der Waals surface area contributed by atoms with Crippen LogP contribution in [0.15, 0.2) is 18.2 Å². The van der Waals surface area contributed by atoms with Crippen molar-refractivity contribution in [1.29, 1.82) is 0 Å². The molecule has 0 aliphatic heterocycles. The number of hydrogen-bond donors (Lipinski definition) is 2. The standard InChI is InChI=1S/C16H24N2OS/c1-11-3-5-12(6-4-11)10-18-15-9-13(19-2)7-8-14(15)16(17)20/h7-9,11-12,18H,3-6,10H2,1-2H3,(H2,17,20). The van der Waals surface area contributed by atoms with E-state index < -0.39 is 0 Å². The summed E-state index contributed by atoms with van der Waals surface area (Å²) in [5.74, 6) is 2.46. The van der Waals surface area contributed by atoms with Gasteiger partial charge in [0, 0.05) is 23.9 Å². The average Bonchev–Trinajstić information content (AvgIpc) is 2.46. The van der Waals surface area contributed by atoms with Crippen LogP contribution in [0.3, 0.4) is 0 Å². The van der Waals surface area contributed by atoms with Gasteiger partial charge >= 0.3 is 0 Å². The van der Waals surface area contributed by atoms with Crippen LogP contribution in [0.5, 0.6) is 5.75 Å². The summed E-state index contributed by atoms with van der Waals surface area (Å²) in [6, 6.07) is 5.79. The Morgan fingerprint density at radius 2 is 2.05 bits per heavy atom. The van der Waals surface area contributed by atoms with E-state index in [9.17, 15) is 0 Å². The van der Waals surface area contributed by atoms with Gasteiger partial charge in [-0.1, -0.05) is 32.0 Å². The summed E-state index contributed by atoms with van der Waals surface area (Å²) >= 11 is 5.11. The maximum atomic E-state index is 5.78. The molecule has 3 nitrogen and oxygen atoms in total. The predicted molar refractivity (Wildman–Crippen MR) is 88.5 cm³/mol. The van der Waals surface area contributed by atoms with Gasteiger partial charge in [0.15, 0.2) is 0 Å². The number of nitrogens with two attached hydrogens (primary N) is 1. The minimum atomic E-state index is 0.424. The molecule has 20 heavy (non-hydrogen) atoms. The Kier molecular flexibility index (Phi) is 5.24. The van der Waals surface area contributed by atoms with Gasteiger partial charge in [-0.25, -0.2) is 0 Å². The molecule has 1 aromatic carbocycles. The van der Waals surface area contributed by atoms with Crippen LogP contribution in [0.1, 0.15) is 38.2 Å². The Balaban J connectivity index is 2.02. The first-order valence-corrected chi connectivity index (χ1v) is 7.72. The van der Waals surface area contributed by atoms with Gasteiger partial charge in [0.05, 0.1) is 7.11 Å².